The quantitative estimate of drug-likeness (QED) is 0.768. The molecular weight excluding hydrogens is 324 g/mol. The molecule has 2 rings (SSSR count). The van der Waals surface area contributed by atoms with Gasteiger partial charge in [0.15, 0.2) is 0 Å². The zero-order valence-corrected chi connectivity index (χ0v) is 16.8. The fourth-order valence-electron chi connectivity index (χ4n) is 3.92. The molecule has 0 bridgehead atoms. The number of benzene rings is 1. The van der Waals surface area contributed by atoms with E-state index >= 15 is 0 Å². The highest BCUT2D eigenvalue weighted by Gasteiger charge is 2.31. The summed E-state index contributed by atoms with van der Waals surface area (Å²) >= 11 is 0. The number of amides is 2. The van der Waals surface area contributed by atoms with Gasteiger partial charge in [0, 0.05) is 30.6 Å². The number of aryl methyl sites for hydroxylation is 2. The molecule has 2 amide bonds. The van der Waals surface area contributed by atoms with E-state index < -0.39 is 0 Å². The second-order valence-corrected chi connectivity index (χ2v) is 7.68. The van der Waals surface area contributed by atoms with E-state index in [1.54, 1.807) is 0 Å². The van der Waals surface area contributed by atoms with Gasteiger partial charge in [0.25, 0.3) is 0 Å². The normalized spacial score (nSPS) is 19.8. The van der Waals surface area contributed by atoms with Crippen molar-refractivity contribution in [3.05, 3.63) is 29.3 Å². The Hall–Kier alpha value is -1.84. The van der Waals surface area contributed by atoms with Crippen molar-refractivity contribution in [2.24, 2.45) is 11.8 Å². The van der Waals surface area contributed by atoms with Crippen LogP contribution in [0.2, 0.25) is 0 Å². The number of carbonyl (C=O) groups is 2. The maximum absolute atomic E-state index is 12.7. The molecule has 0 saturated heterocycles. The maximum Gasteiger partial charge on any atom is 0.227 e. The standard InChI is InChI=1S/C22H34N2O2/c1-5-13-24(14-6-2)22(26)19-10-8-18(9-11-19)21(25)23-20-12-7-16(3)15-17(20)4/h7,12,15,18-19H,5-6,8-11,13-14H2,1-4H3,(H,23,25). The first-order valence-electron chi connectivity index (χ1n) is 10.1. The molecule has 1 aromatic carbocycles. The van der Waals surface area contributed by atoms with Gasteiger partial charge in [-0.05, 0) is 64.0 Å². The molecule has 4 nitrogen and oxygen atoms in total. The van der Waals surface area contributed by atoms with Crippen LogP contribution in [0.5, 0.6) is 0 Å². The zero-order valence-electron chi connectivity index (χ0n) is 16.8. The van der Waals surface area contributed by atoms with Crippen LogP contribution in [0.15, 0.2) is 18.2 Å². The van der Waals surface area contributed by atoms with E-state index in [1.807, 2.05) is 24.0 Å². The lowest BCUT2D eigenvalue weighted by molar-refractivity contribution is -0.138. The van der Waals surface area contributed by atoms with E-state index in [0.717, 1.165) is 62.9 Å². The van der Waals surface area contributed by atoms with Crippen LogP contribution in [0.4, 0.5) is 5.69 Å². The summed E-state index contributed by atoms with van der Waals surface area (Å²) < 4.78 is 0. The topological polar surface area (TPSA) is 49.4 Å². The fraction of sp³-hybridized carbons (Fsp3) is 0.636. The van der Waals surface area contributed by atoms with Crippen molar-refractivity contribution in [2.45, 2.75) is 66.2 Å². The molecule has 1 N–H and O–H groups in total. The van der Waals surface area contributed by atoms with Crippen LogP contribution in [-0.2, 0) is 9.59 Å². The van der Waals surface area contributed by atoms with Gasteiger partial charge in [-0.15, -0.1) is 0 Å². The van der Waals surface area contributed by atoms with Crippen molar-refractivity contribution in [1.82, 2.24) is 4.90 Å². The lowest BCUT2D eigenvalue weighted by atomic mass is 9.80. The number of anilines is 1. The van der Waals surface area contributed by atoms with Gasteiger partial charge in [0.1, 0.15) is 0 Å². The van der Waals surface area contributed by atoms with Gasteiger partial charge in [0.05, 0.1) is 0 Å². The van der Waals surface area contributed by atoms with Crippen molar-refractivity contribution in [3.63, 3.8) is 0 Å². The van der Waals surface area contributed by atoms with Gasteiger partial charge in [-0.2, -0.15) is 0 Å². The predicted molar refractivity (Wildman–Crippen MR) is 107 cm³/mol. The summed E-state index contributed by atoms with van der Waals surface area (Å²) in [5, 5.41) is 3.08. The molecule has 26 heavy (non-hydrogen) atoms. The Morgan fingerprint density at radius 3 is 2.12 bits per heavy atom. The summed E-state index contributed by atoms with van der Waals surface area (Å²) in [7, 11) is 0. The van der Waals surface area contributed by atoms with Crippen LogP contribution < -0.4 is 5.32 Å². The molecule has 1 aliphatic carbocycles. The summed E-state index contributed by atoms with van der Waals surface area (Å²) in [5.41, 5.74) is 3.19. The minimum absolute atomic E-state index is 0.0190. The molecule has 144 valence electrons. The Kier molecular flexibility index (Phi) is 7.67. The van der Waals surface area contributed by atoms with Crippen molar-refractivity contribution >= 4 is 17.5 Å². The van der Waals surface area contributed by atoms with E-state index in [4.69, 9.17) is 0 Å². The molecule has 0 heterocycles. The Bertz CT molecular complexity index is 613. The van der Waals surface area contributed by atoms with Gasteiger partial charge >= 0.3 is 0 Å². The van der Waals surface area contributed by atoms with Gasteiger partial charge in [-0.1, -0.05) is 31.5 Å². The SMILES string of the molecule is CCCN(CCC)C(=O)C1CCC(C(=O)Nc2ccc(C)cc2C)CC1. The molecule has 4 heteroatoms. The van der Waals surface area contributed by atoms with Crippen LogP contribution in [0.3, 0.4) is 0 Å². The van der Waals surface area contributed by atoms with E-state index in [9.17, 15) is 9.59 Å². The number of nitrogens with zero attached hydrogens (tertiary/aromatic N) is 1. The highest BCUT2D eigenvalue weighted by molar-refractivity contribution is 5.93. The first kappa shape index (κ1) is 20.5. The van der Waals surface area contributed by atoms with Crippen LogP contribution in [-0.4, -0.2) is 29.8 Å². The Morgan fingerprint density at radius 2 is 1.58 bits per heavy atom. The molecule has 0 aliphatic heterocycles. The molecule has 1 aliphatic rings. The van der Waals surface area contributed by atoms with Crippen molar-refractivity contribution in [3.8, 4) is 0 Å². The summed E-state index contributed by atoms with van der Waals surface area (Å²) in [4.78, 5) is 27.4. The van der Waals surface area contributed by atoms with Gasteiger partial charge in [0.2, 0.25) is 11.8 Å². The molecule has 1 aromatic rings. The summed E-state index contributed by atoms with van der Waals surface area (Å²) in [6.07, 6.45) is 5.26. The van der Waals surface area contributed by atoms with Gasteiger partial charge in [-0.25, -0.2) is 0 Å². The third-order valence-electron chi connectivity index (χ3n) is 5.39. The maximum atomic E-state index is 12.7. The van der Waals surface area contributed by atoms with Crippen molar-refractivity contribution in [1.29, 1.82) is 0 Å². The second-order valence-electron chi connectivity index (χ2n) is 7.68. The summed E-state index contributed by atoms with van der Waals surface area (Å²) in [5.74, 6) is 0.507. The number of carbonyl (C=O) groups excluding carboxylic acids is 2. The average Bonchev–Trinajstić information content (AvgIpc) is 2.63. The van der Waals surface area contributed by atoms with E-state index in [0.29, 0.717) is 5.91 Å². The van der Waals surface area contributed by atoms with Crippen LogP contribution >= 0.6 is 0 Å². The first-order valence-corrected chi connectivity index (χ1v) is 10.1. The molecule has 1 saturated carbocycles. The highest BCUT2D eigenvalue weighted by atomic mass is 16.2. The monoisotopic (exact) mass is 358 g/mol. The predicted octanol–water partition coefficient (Wildman–Crippen LogP) is 4.70. The minimum atomic E-state index is 0.0190. The first-order chi connectivity index (χ1) is 12.5. The number of hydrogen-bond donors (Lipinski definition) is 1. The highest BCUT2D eigenvalue weighted by Crippen LogP contribution is 2.31. The fourth-order valence-corrected chi connectivity index (χ4v) is 3.92. The summed E-state index contributed by atoms with van der Waals surface area (Å²) in [6.45, 7) is 10.00. The zero-order chi connectivity index (χ0) is 19.1. The Morgan fingerprint density at radius 1 is 1.00 bits per heavy atom. The van der Waals surface area contributed by atoms with E-state index in [1.165, 1.54) is 5.56 Å². The van der Waals surface area contributed by atoms with Gasteiger partial charge < -0.3 is 10.2 Å². The van der Waals surface area contributed by atoms with Crippen LogP contribution in [0, 0.1) is 25.7 Å². The lowest BCUT2D eigenvalue weighted by Gasteiger charge is -2.31. The molecule has 0 spiro atoms. The summed E-state index contributed by atoms with van der Waals surface area (Å²) in [6, 6.07) is 6.08. The number of hydrogen-bond acceptors (Lipinski definition) is 2. The number of rotatable bonds is 7. The molecule has 1 fully saturated rings. The van der Waals surface area contributed by atoms with E-state index in [-0.39, 0.29) is 17.7 Å². The molecular formula is C22H34N2O2. The van der Waals surface area contributed by atoms with Crippen molar-refractivity contribution in [2.75, 3.05) is 18.4 Å². The largest absolute Gasteiger partial charge is 0.342 e. The van der Waals surface area contributed by atoms with Crippen LogP contribution in [0.1, 0.15) is 63.5 Å². The average molecular weight is 359 g/mol. The third-order valence-corrected chi connectivity index (χ3v) is 5.39. The smallest absolute Gasteiger partial charge is 0.227 e. The molecule has 0 radical (unpaired) electrons. The minimum Gasteiger partial charge on any atom is -0.342 e. The second kappa shape index (κ2) is 9.75. The molecule has 0 atom stereocenters. The number of nitrogens with one attached hydrogen (secondary N) is 1. The van der Waals surface area contributed by atoms with Crippen LogP contribution in [0.25, 0.3) is 0 Å². The molecule has 0 aromatic heterocycles. The lowest BCUT2D eigenvalue weighted by Crippen LogP contribution is -2.39. The van der Waals surface area contributed by atoms with Crippen molar-refractivity contribution < 1.29 is 9.59 Å². The van der Waals surface area contributed by atoms with Gasteiger partial charge in [-0.3, -0.25) is 9.59 Å². The Balaban J connectivity index is 1.88. The third kappa shape index (κ3) is 5.33. The van der Waals surface area contributed by atoms with E-state index in [2.05, 4.69) is 32.2 Å². The Labute approximate surface area is 158 Å². The molecule has 0 unspecified atom stereocenters.